The van der Waals surface area contributed by atoms with Crippen LogP contribution in [0.25, 0.3) is 10.9 Å². The van der Waals surface area contributed by atoms with Crippen LogP contribution in [0.15, 0.2) is 79.0 Å². The summed E-state index contributed by atoms with van der Waals surface area (Å²) in [6.45, 7) is 4.52. The summed E-state index contributed by atoms with van der Waals surface area (Å²) >= 11 is 0. The Morgan fingerprint density at radius 3 is 2.48 bits per heavy atom. The molecule has 5 heteroatoms. The number of amides is 1. The molecule has 5 nitrogen and oxygen atoms in total. The molecular weight excluding hydrogens is 412 g/mol. The maximum atomic E-state index is 13.5. The van der Waals surface area contributed by atoms with Crippen molar-refractivity contribution < 1.29 is 14.7 Å². The molecule has 1 N–H and O–H groups in total. The molecule has 1 atom stereocenters. The van der Waals surface area contributed by atoms with Crippen molar-refractivity contribution in [2.45, 2.75) is 32.3 Å². The van der Waals surface area contributed by atoms with E-state index in [1.54, 1.807) is 27.8 Å². The zero-order valence-electron chi connectivity index (χ0n) is 18.8. The number of rotatable bonds is 5. The highest BCUT2D eigenvalue weighted by Crippen LogP contribution is 2.43. The quantitative estimate of drug-likeness (QED) is 0.486. The molecule has 0 spiro atoms. The summed E-state index contributed by atoms with van der Waals surface area (Å²) in [6.07, 6.45) is 2.65. The van der Waals surface area contributed by atoms with Crippen molar-refractivity contribution in [3.63, 3.8) is 0 Å². The van der Waals surface area contributed by atoms with E-state index >= 15 is 0 Å². The van der Waals surface area contributed by atoms with Gasteiger partial charge in [-0.15, -0.1) is 0 Å². The van der Waals surface area contributed by atoms with Gasteiger partial charge in [0.15, 0.2) is 5.60 Å². The summed E-state index contributed by atoms with van der Waals surface area (Å²) in [6, 6.07) is 22.5. The lowest BCUT2D eigenvalue weighted by Crippen LogP contribution is -2.42. The monoisotopic (exact) mass is 438 g/mol. The number of benzene rings is 3. The average molecular weight is 439 g/mol. The molecule has 0 aliphatic carbocycles. The SMILES string of the molecule is CCCN1C(=O)C(O)(Cc2cn(C(=O)c3ccccc3)c3ccccc23)c2cc(C)ccc21. The van der Waals surface area contributed by atoms with Crippen LogP contribution in [0.4, 0.5) is 5.69 Å². The molecule has 1 aromatic heterocycles. The molecule has 0 fully saturated rings. The summed E-state index contributed by atoms with van der Waals surface area (Å²) in [5, 5.41) is 12.7. The fourth-order valence-corrected chi connectivity index (χ4v) is 4.84. The summed E-state index contributed by atoms with van der Waals surface area (Å²) in [4.78, 5) is 28.4. The van der Waals surface area contributed by atoms with Crippen LogP contribution in [-0.2, 0) is 16.8 Å². The minimum absolute atomic E-state index is 0.0953. The fourth-order valence-electron chi connectivity index (χ4n) is 4.84. The number of aromatic nitrogens is 1. The number of aryl methyl sites for hydroxylation is 1. The Bertz CT molecular complexity index is 1370. The maximum Gasteiger partial charge on any atom is 0.264 e. The van der Waals surface area contributed by atoms with Gasteiger partial charge in [-0.05, 0) is 43.2 Å². The molecule has 0 saturated heterocycles. The summed E-state index contributed by atoms with van der Waals surface area (Å²) in [7, 11) is 0. The number of fused-ring (bicyclic) bond motifs is 2. The van der Waals surface area contributed by atoms with Crippen molar-refractivity contribution in [2.24, 2.45) is 0 Å². The molecule has 1 unspecified atom stereocenters. The first kappa shape index (κ1) is 21.2. The van der Waals surface area contributed by atoms with Gasteiger partial charge in [-0.3, -0.25) is 14.2 Å². The third-order valence-corrected chi connectivity index (χ3v) is 6.41. The van der Waals surface area contributed by atoms with E-state index in [0.29, 0.717) is 17.7 Å². The Morgan fingerprint density at radius 2 is 1.73 bits per heavy atom. The van der Waals surface area contributed by atoms with Gasteiger partial charge in [-0.2, -0.15) is 0 Å². The Kier molecular flexibility index (Phi) is 5.14. The second-order valence-electron chi connectivity index (χ2n) is 8.73. The lowest BCUT2D eigenvalue weighted by Gasteiger charge is -2.23. The van der Waals surface area contributed by atoms with Crippen molar-refractivity contribution >= 4 is 28.4 Å². The second kappa shape index (κ2) is 8.01. The molecule has 1 amide bonds. The summed E-state index contributed by atoms with van der Waals surface area (Å²) in [5.74, 6) is -0.456. The van der Waals surface area contributed by atoms with Crippen LogP contribution in [0.1, 0.15) is 40.4 Å². The first-order chi connectivity index (χ1) is 15.9. The van der Waals surface area contributed by atoms with Crippen molar-refractivity contribution in [3.8, 4) is 0 Å². The minimum atomic E-state index is -1.68. The standard InChI is InChI=1S/C28H26N2O3/c1-3-15-29-25-14-13-19(2)16-23(25)28(33,27(29)32)17-21-18-30(24-12-8-7-11-22(21)24)26(31)20-9-5-4-6-10-20/h4-14,16,18,33H,3,15,17H2,1-2H3. The Labute approximate surface area is 192 Å². The van der Waals surface area contributed by atoms with Gasteiger partial charge in [0.1, 0.15) is 0 Å². The predicted octanol–water partition coefficient (Wildman–Crippen LogP) is 4.83. The number of anilines is 1. The number of carbonyl (C=O) groups excluding carboxylic acids is 2. The molecule has 2 heterocycles. The molecule has 3 aromatic carbocycles. The number of carbonyl (C=O) groups is 2. The Hall–Kier alpha value is -3.70. The highest BCUT2D eigenvalue weighted by atomic mass is 16.3. The van der Waals surface area contributed by atoms with Gasteiger partial charge in [-0.1, -0.05) is 61.0 Å². The second-order valence-corrected chi connectivity index (χ2v) is 8.73. The topological polar surface area (TPSA) is 62.5 Å². The van der Waals surface area contributed by atoms with E-state index < -0.39 is 5.60 Å². The average Bonchev–Trinajstić information content (AvgIpc) is 3.29. The number of para-hydroxylation sites is 1. The first-order valence-corrected chi connectivity index (χ1v) is 11.3. The number of hydrogen-bond donors (Lipinski definition) is 1. The molecule has 0 bridgehead atoms. The van der Waals surface area contributed by atoms with Crippen molar-refractivity contribution in [3.05, 3.63) is 101 Å². The van der Waals surface area contributed by atoms with Gasteiger partial charge >= 0.3 is 0 Å². The minimum Gasteiger partial charge on any atom is -0.375 e. The Morgan fingerprint density at radius 1 is 1.00 bits per heavy atom. The maximum absolute atomic E-state index is 13.5. The number of aliphatic hydroxyl groups is 1. The lowest BCUT2D eigenvalue weighted by molar-refractivity contribution is -0.136. The van der Waals surface area contributed by atoms with E-state index in [4.69, 9.17) is 0 Å². The molecule has 0 saturated carbocycles. The molecule has 166 valence electrons. The predicted molar refractivity (Wildman–Crippen MR) is 130 cm³/mol. The normalized spacial score (nSPS) is 17.5. The highest BCUT2D eigenvalue weighted by Gasteiger charge is 2.49. The zero-order valence-corrected chi connectivity index (χ0v) is 18.8. The van der Waals surface area contributed by atoms with Crippen LogP contribution < -0.4 is 4.90 Å². The highest BCUT2D eigenvalue weighted by molar-refractivity contribution is 6.08. The van der Waals surface area contributed by atoms with Gasteiger partial charge in [0.05, 0.1) is 11.2 Å². The smallest absolute Gasteiger partial charge is 0.264 e. The number of hydrogen-bond acceptors (Lipinski definition) is 3. The molecule has 1 aliphatic heterocycles. The number of nitrogens with zero attached hydrogens (tertiary/aromatic N) is 2. The molecule has 5 rings (SSSR count). The van der Waals surface area contributed by atoms with Crippen LogP contribution in [0.3, 0.4) is 0 Å². The summed E-state index contributed by atoms with van der Waals surface area (Å²) < 4.78 is 1.61. The van der Waals surface area contributed by atoms with E-state index in [1.165, 1.54) is 0 Å². The fraction of sp³-hybridized carbons (Fsp3) is 0.214. The van der Waals surface area contributed by atoms with Crippen LogP contribution in [-0.4, -0.2) is 28.0 Å². The van der Waals surface area contributed by atoms with E-state index in [1.807, 2.05) is 74.5 Å². The van der Waals surface area contributed by atoms with E-state index in [-0.39, 0.29) is 18.2 Å². The third kappa shape index (κ3) is 3.36. The van der Waals surface area contributed by atoms with Crippen molar-refractivity contribution in [1.29, 1.82) is 0 Å². The van der Waals surface area contributed by atoms with Crippen LogP contribution >= 0.6 is 0 Å². The van der Waals surface area contributed by atoms with Crippen molar-refractivity contribution in [1.82, 2.24) is 4.57 Å². The van der Waals surface area contributed by atoms with E-state index in [9.17, 15) is 14.7 Å². The van der Waals surface area contributed by atoms with E-state index in [0.717, 1.165) is 34.1 Å². The van der Waals surface area contributed by atoms with Gasteiger partial charge in [0, 0.05) is 35.7 Å². The van der Waals surface area contributed by atoms with Gasteiger partial charge < -0.3 is 10.0 Å². The lowest BCUT2D eigenvalue weighted by atomic mass is 9.87. The third-order valence-electron chi connectivity index (χ3n) is 6.41. The molecule has 33 heavy (non-hydrogen) atoms. The molecular formula is C28H26N2O3. The van der Waals surface area contributed by atoms with Crippen LogP contribution in [0.5, 0.6) is 0 Å². The van der Waals surface area contributed by atoms with E-state index in [2.05, 4.69) is 0 Å². The largest absolute Gasteiger partial charge is 0.375 e. The van der Waals surface area contributed by atoms with Gasteiger partial charge in [-0.25, -0.2) is 0 Å². The van der Waals surface area contributed by atoms with Crippen molar-refractivity contribution in [2.75, 3.05) is 11.4 Å². The summed E-state index contributed by atoms with van der Waals surface area (Å²) in [5.41, 5.74) is 2.80. The molecule has 1 aliphatic rings. The van der Waals surface area contributed by atoms with Gasteiger partial charge in [0.2, 0.25) is 0 Å². The van der Waals surface area contributed by atoms with Crippen LogP contribution in [0, 0.1) is 6.92 Å². The first-order valence-electron chi connectivity index (χ1n) is 11.3. The Balaban J connectivity index is 1.62. The van der Waals surface area contributed by atoms with Crippen LogP contribution in [0.2, 0.25) is 0 Å². The molecule has 4 aromatic rings. The zero-order chi connectivity index (χ0) is 23.2. The molecule has 0 radical (unpaired) electrons. The van der Waals surface area contributed by atoms with Gasteiger partial charge in [0.25, 0.3) is 11.8 Å².